The van der Waals surface area contributed by atoms with Gasteiger partial charge in [-0.25, -0.2) is 4.98 Å². The van der Waals surface area contributed by atoms with Gasteiger partial charge in [-0.2, -0.15) is 5.26 Å². The van der Waals surface area contributed by atoms with Crippen molar-refractivity contribution in [1.29, 1.82) is 5.26 Å². The van der Waals surface area contributed by atoms with Crippen LogP contribution in [0.5, 0.6) is 5.75 Å². The molecule has 0 aliphatic rings. The van der Waals surface area contributed by atoms with Crippen LogP contribution < -0.4 is 0 Å². The van der Waals surface area contributed by atoms with Crippen LogP contribution in [0.4, 0.5) is 5.69 Å². The molecule has 0 atom stereocenters. The molecule has 0 spiro atoms. The first-order chi connectivity index (χ1) is 12.9. The maximum Gasteiger partial charge on any atom is 0.311 e. The second-order valence-electron chi connectivity index (χ2n) is 6.03. The highest BCUT2D eigenvalue weighted by Crippen LogP contribution is 2.31. The van der Waals surface area contributed by atoms with E-state index >= 15 is 0 Å². The maximum atomic E-state index is 11.0. The summed E-state index contributed by atoms with van der Waals surface area (Å²) in [6.45, 7) is 4.04. The summed E-state index contributed by atoms with van der Waals surface area (Å²) >= 11 is 1.34. The second-order valence-corrected chi connectivity index (χ2v) is 6.89. The van der Waals surface area contributed by atoms with Crippen LogP contribution in [0.25, 0.3) is 22.9 Å². The van der Waals surface area contributed by atoms with Crippen LogP contribution in [0, 0.1) is 35.3 Å². The van der Waals surface area contributed by atoms with Crippen LogP contribution >= 0.6 is 11.3 Å². The third kappa shape index (κ3) is 3.86. The zero-order chi connectivity index (χ0) is 19.6. The summed E-state index contributed by atoms with van der Waals surface area (Å²) < 4.78 is 0. The number of hydrogen-bond donors (Lipinski definition) is 1. The minimum atomic E-state index is -0.666. The quantitative estimate of drug-likeness (QED) is 0.387. The molecule has 3 rings (SSSR count). The molecule has 6 nitrogen and oxygen atoms in total. The SMILES string of the molecule is Cc1ccc(-c2csc(C(C#N)=Cc3ccc(O)c([N+](=O)[O-])c3)n2)c(C)c1. The van der Waals surface area contributed by atoms with Gasteiger partial charge in [-0.15, -0.1) is 11.3 Å². The summed E-state index contributed by atoms with van der Waals surface area (Å²) in [5, 5.41) is 32.4. The largest absolute Gasteiger partial charge is 0.502 e. The Balaban J connectivity index is 1.99. The van der Waals surface area contributed by atoms with Crippen molar-refractivity contribution in [2.75, 3.05) is 0 Å². The number of nitriles is 1. The van der Waals surface area contributed by atoms with E-state index in [4.69, 9.17) is 0 Å². The average Bonchev–Trinajstić information content (AvgIpc) is 3.10. The minimum Gasteiger partial charge on any atom is -0.502 e. The number of phenolic OH excluding ortho intramolecular Hbond substituents is 1. The smallest absolute Gasteiger partial charge is 0.311 e. The Bertz CT molecular complexity index is 1110. The molecular formula is C20H15N3O3S. The van der Waals surface area contributed by atoms with Gasteiger partial charge in [-0.1, -0.05) is 29.8 Å². The molecule has 0 amide bonds. The molecule has 27 heavy (non-hydrogen) atoms. The summed E-state index contributed by atoms with van der Waals surface area (Å²) in [6, 6.07) is 12.2. The van der Waals surface area contributed by atoms with Crippen LogP contribution in [0.15, 0.2) is 41.8 Å². The first-order valence-electron chi connectivity index (χ1n) is 8.02. The molecule has 1 aromatic heterocycles. The lowest BCUT2D eigenvalue weighted by Crippen LogP contribution is -1.90. The molecule has 0 saturated heterocycles. The monoisotopic (exact) mass is 377 g/mol. The van der Waals surface area contributed by atoms with E-state index in [0.29, 0.717) is 16.1 Å². The van der Waals surface area contributed by atoms with Crippen molar-refractivity contribution in [1.82, 2.24) is 4.98 Å². The molecule has 0 aliphatic heterocycles. The van der Waals surface area contributed by atoms with Gasteiger partial charge in [0.25, 0.3) is 0 Å². The maximum absolute atomic E-state index is 11.0. The third-order valence-corrected chi connectivity index (χ3v) is 4.90. The topological polar surface area (TPSA) is 100 Å². The fraction of sp³-hybridized carbons (Fsp3) is 0.100. The van der Waals surface area contributed by atoms with Gasteiger partial charge in [0.1, 0.15) is 11.1 Å². The Morgan fingerprint density at radius 1 is 1.30 bits per heavy atom. The molecule has 0 aliphatic carbocycles. The number of nitro groups is 1. The number of benzene rings is 2. The Kier molecular flexibility index (Phi) is 5.01. The Morgan fingerprint density at radius 2 is 2.07 bits per heavy atom. The molecule has 134 valence electrons. The van der Waals surface area contributed by atoms with E-state index in [1.165, 1.54) is 41.2 Å². The standard InChI is InChI=1S/C20H15N3O3S/c1-12-3-5-16(13(2)7-12)17-11-27-20(22-17)15(10-21)8-14-4-6-19(24)18(9-14)23(25)26/h3-9,11,24H,1-2H3. The number of hydrogen-bond acceptors (Lipinski definition) is 6. The van der Waals surface area contributed by atoms with Gasteiger partial charge in [0.15, 0.2) is 5.75 Å². The molecule has 2 aromatic carbocycles. The highest BCUT2D eigenvalue weighted by atomic mass is 32.1. The number of allylic oxidation sites excluding steroid dienone is 1. The lowest BCUT2D eigenvalue weighted by Gasteiger charge is -2.03. The Morgan fingerprint density at radius 3 is 2.74 bits per heavy atom. The highest BCUT2D eigenvalue weighted by molar-refractivity contribution is 7.11. The van der Waals surface area contributed by atoms with Crippen molar-refractivity contribution in [2.45, 2.75) is 13.8 Å². The molecule has 0 unspecified atom stereocenters. The van der Waals surface area contributed by atoms with Crippen molar-refractivity contribution in [3.63, 3.8) is 0 Å². The number of nitrogens with zero attached hydrogens (tertiary/aromatic N) is 3. The van der Waals surface area contributed by atoms with Crippen LogP contribution in [0.3, 0.4) is 0 Å². The molecule has 0 fully saturated rings. The second kappa shape index (κ2) is 7.40. The van der Waals surface area contributed by atoms with E-state index in [9.17, 15) is 20.5 Å². The lowest BCUT2D eigenvalue weighted by atomic mass is 10.0. The van der Waals surface area contributed by atoms with Gasteiger partial charge in [-0.3, -0.25) is 10.1 Å². The molecule has 1 heterocycles. The summed E-state index contributed by atoms with van der Waals surface area (Å²) in [4.78, 5) is 14.9. The first-order valence-corrected chi connectivity index (χ1v) is 8.89. The number of aryl methyl sites for hydroxylation is 2. The van der Waals surface area contributed by atoms with E-state index in [1.807, 2.05) is 31.4 Å². The van der Waals surface area contributed by atoms with Gasteiger partial charge < -0.3 is 5.11 Å². The van der Waals surface area contributed by atoms with Crippen molar-refractivity contribution in [3.05, 3.63) is 73.6 Å². The van der Waals surface area contributed by atoms with Gasteiger partial charge in [0.2, 0.25) is 0 Å². The van der Waals surface area contributed by atoms with Gasteiger partial charge >= 0.3 is 5.69 Å². The Hall–Kier alpha value is -3.50. The normalized spacial score (nSPS) is 11.2. The predicted molar refractivity (Wildman–Crippen MR) is 105 cm³/mol. The van der Waals surface area contributed by atoms with Crippen molar-refractivity contribution >= 4 is 28.7 Å². The fourth-order valence-corrected chi connectivity index (χ4v) is 3.49. The number of rotatable bonds is 4. The number of phenols is 1. The number of aromatic hydroxyl groups is 1. The van der Waals surface area contributed by atoms with E-state index in [-0.39, 0.29) is 0 Å². The third-order valence-electron chi connectivity index (χ3n) is 4.02. The summed E-state index contributed by atoms with van der Waals surface area (Å²) in [5.74, 6) is -0.415. The van der Waals surface area contributed by atoms with Crippen LogP contribution in [-0.2, 0) is 0 Å². The number of aromatic nitrogens is 1. The van der Waals surface area contributed by atoms with E-state index in [2.05, 4.69) is 17.1 Å². The van der Waals surface area contributed by atoms with Crippen LogP contribution in [0.1, 0.15) is 21.7 Å². The fourth-order valence-electron chi connectivity index (χ4n) is 2.71. The molecule has 1 N–H and O–H groups in total. The lowest BCUT2D eigenvalue weighted by molar-refractivity contribution is -0.385. The average molecular weight is 377 g/mol. The van der Waals surface area contributed by atoms with E-state index in [1.54, 1.807) is 0 Å². The highest BCUT2D eigenvalue weighted by Gasteiger charge is 2.15. The summed E-state index contributed by atoms with van der Waals surface area (Å²) in [5.41, 5.74) is 4.39. The summed E-state index contributed by atoms with van der Waals surface area (Å²) in [7, 11) is 0. The molecule has 0 radical (unpaired) electrons. The van der Waals surface area contributed by atoms with Gasteiger partial charge in [0, 0.05) is 17.0 Å². The number of nitro benzene ring substituents is 1. The zero-order valence-corrected chi connectivity index (χ0v) is 15.4. The molecule has 3 aromatic rings. The van der Waals surface area contributed by atoms with E-state index in [0.717, 1.165) is 16.8 Å². The molecular weight excluding hydrogens is 362 g/mol. The summed E-state index contributed by atoms with van der Waals surface area (Å²) in [6.07, 6.45) is 1.52. The number of thiazole rings is 1. The molecule has 0 saturated carbocycles. The minimum absolute atomic E-state index is 0.302. The predicted octanol–water partition coefficient (Wildman–Crippen LogP) is 5.10. The molecule has 0 bridgehead atoms. The van der Waals surface area contributed by atoms with Gasteiger partial charge in [-0.05, 0) is 37.1 Å². The van der Waals surface area contributed by atoms with E-state index < -0.39 is 16.4 Å². The van der Waals surface area contributed by atoms with Crippen molar-refractivity contribution < 1.29 is 10.0 Å². The van der Waals surface area contributed by atoms with Crippen LogP contribution in [-0.4, -0.2) is 15.0 Å². The Labute approximate surface area is 159 Å². The van der Waals surface area contributed by atoms with Crippen molar-refractivity contribution in [3.8, 4) is 23.1 Å². The van der Waals surface area contributed by atoms with Crippen LogP contribution in [0.2, 0.25) is 0 Å². The van der Waals surface area contributed by atoms with Crippen molar-refractivity contribution in [2.24, 2.45) is 0 Å². The van der Waals surface area contributed by atoms with Gasteiger partial charge in [0.05, 0.1) is 16.2 Å². The zero-order valence-electron chi connectivity index (χ0n) is 14.6. The first kappa shape index (κ1) is 18.3. The molecule has 7 heteroatoms.